The van der Waals surface area contributed by atoms with Gasteiger partial charge in [0, 0.05) is 11.1 Å². The first-order chi connectivity index (χ1) is 15.3. The summed E-state index contributed by atoms with van der Waals surface area (Å²) in [5.41, 5.74) is 0.685. The molecule has 0 aliphatic carbocycles. The van der Waals surface area contributed by atoms with Crippen LogP contribution < -0.4 is 14.2 Å². The highest BCUT2D eigenvalue weighted by Gasteiger charge is 2.34. The van der Waals surface area contributed by atoms with Crippen LogP contribution in [0.2, 0.25) is 0 Å². The van der Waals surface area contributed by atoms with Gasteiger partial charge in [0.1, 0.15) is 11.9 Å². The molecule has 8 nitrogen and oxygen atoms in total. The number of hydrogen-bond acceptors (Lipinski definition) is 6. The third-order valence-electron chi connectivity index (χ3n) is 5.03. The van der Waals surface area contributed by atoms with Crippen molar-refractivity contribution in [2.45, 2.75) is 62.4 Å². The van der Waals surface area contributed by atoms with Gasteiger partial charge < -0.3 is 9.47 Å². The summed E-state index contributed by atoms with van der Waals surface area (Å²) in [5, 5.41) is -0.554. The molecule has 2 aromatic rings. The van der Waals surface area contributed by atoms with Gasteiger partial charge in [0.05, 0.1) is 29.4 Å². The minimum Gasteiger partial charge on any atom is -0.486 e. The molecule has 0 aromatic heterocycles. The van der Waals surface area contributed by atoms with Gasteiger partial charge in [-0.15, -0.1) is 0 Å². The highest BCUT2D eigenvalue weighted by Crippen LogP contribution is 2.30. The van der Waals surface area contributed by atoms with Crippen molar-refractivity contribution in [2.24, 2.45) is 0 Å². The first-order valence-corrected chi connectivity index (χ1v) is 13.8. The van der Waals surface area contributed by atoms with E-state index in [0.717, 1.165) is 5.56 Å². The molecular formula is C23H32N2O6S2. The normalized spacial score (nSPS) is 19.7. The van der Waals surface area contributed by atoms with Gasteiger partial charge in [-0.25, -0.2) is 26.3 Å². The van der Waals surface area contributed by atoms with Gasteiger partial charge in [-0.2, -0.15) is 0 Å². The first kappa shape index (κ1) is 25.6. The topological polar surface area (TPSA) is 111 Å². The molecule has 2 aromatic carbocycles. The summed E-state index contributed by atoms with van der Waals surface area (Å²) >= 11 is 0. The number of ether oxygens (including phenoxy) is 2. The Balaban J connectivity index is 1.79. The number of sulfonamides is 2. The minimum absolute atomic E-state index is 0.195. The zero-order valence-corrected chi connectivity index (χ0v) is 21.2. The van der Waals surface area contributed by atoms with E-state index in [1.807, 2.05) is 0 Å². The highest BCUT2D eigenvalue weighted by molar-refractivity contribution is 7.90. The summed E-state index contributed by atoms with van der Waals surface area (Å²) in [5.74, 6) is 0.538. The number of nitrogens with one attached hydrogen (secondary N) is 2. The fourth-order valence-corrected chi connectivity index (χ4v) is 5.96. The molecule has 1 heterocycles. The average molecular weight is 497 g/mol. The predicted octanol–water partition coefficient (Wildman–Crippen LogP) is 2.90. The molecule has 1 aliphatic rings. The third-order valence-corrected chi connectivity index (χ3v) is 8.72. The van der Waals surface area contributed by atoms with Crippen molar-refractivity contribution in [1.82, 2.24) is 9.44 Å². The summed E-state index contributed by atoms with van der Waals surface area (Å²) in [6.45, 7) is 9.11. The Hall–Kier alpha value is -1.98. The lowest BCUT2D eigenvalue weighted by molar-refractivity contribution is 0.140. The zero-order valence-electron chi connectivity index (χ0n) is 19.5. The Labute approximate surface area is 196 Å². The van der Waals surface area contributed by atoms with E-state index in [9.17, 15) is 16.8 Å². The molecular weight excluding hydrogens is 464 g/mol. The highest BCUT2D eigenvalue weighted by atomic mass is 32.2. The van der Waals surface area contributed by atoms with Crippen molar-refractivity contribution in [2.75, 3.05) is 13.2 Å². The van der Waals surface area contributed by atoms with E-state index in [4.69, 9.17) is 9.47 Å². The van der Waals surface area contributed by atoms with Crippen molar-refractivity contribution in [1.29, 1.82) is 0 Å². The number of hydrogen-bond donors (Lipinski definition) is 2. The van der Waals surface area contributed by atoms with Crippen molar-refractivity contribution >= 4 is 20.0 Å². The van der Waals surface area contributed by atoms with Crippen molar-refractivity contribution < 1.29 is 26.3 Å². The summed E-state index contributed by atoms with van der Waals surface area (Å²) in [6, 6.07) is 13.4. The van der Waals surface area contributed by atoms with Crippen LogP contribution in [0, 0.1) is 0 Å². The summed E-state index contributed by atoms with van der Waals surface area (Å²) < 4.78 is 67.0. The van der Waals surface area contributed by atoms with Gasteiger partial charge >= 0.3 is 0 Å². The van der Waals surface area contributed by atoms with Crippen LogP contribution in [0.15, 0.2) is 53.4 Å². The SMILES string of the molecule is CC(C)S(=O)(=O)N[C@H]1COC[C@H]1Oc1ccc(-c2ccccc2S(=O)(=O)NC(C)(C)C)cc1. The van der Waals surface area contributed by atoms with E-state index in [1.165, 1.54) is 0 Å². The maximum absolute atomic E-state index is 12.9. The maximum Gasteiger partial charge on any atom is 0.241 e. The van der Waals surface area contributed by atoms with E-state index in [-0.39, 0.29) is 18.1 Å². The van der Waals surface area contributed by atoms with E-state index in [1.54, 1.807) is 83.1 Å². The molecule has 1 aliphatic heterocycles. The second-order valence-corrected chi connectivity index (χ2v) is 13.3. The molecule has 0 amide bonds. The second kappa shape index (κ2) is 9.71. The van der Waals surface area contributed by atoms with Gasteiger partial charge in [0.15, 0.2) is 0 Å². The van der Waals surface area contributed by atoms with E-state index < -0.39 is 43.0 Å². The van der Waals surface area contributed by atoms with Crippen LogP contribution in [0.25, 0.3) is 11.1 Å². The van der Waals surface area contributed by atoms with Crippen molar-refractivity contribution in [3.05, 3.63) is 48.5 Å². The molecule has 0 radical (unpaired) electrons. The lowest BCUT2D eigenvalue weighted by Gasteiger charge is -2.22. The van der Waals surface area contributed by atoms with Gasteiger partial charge in [0.2, 0.25) is 20.0 Å². The fourth-order valence-electron chi connectivity index (χ4n) is 3.39. The zero-order chi connectivity index (χ0) is 24.4. The lowest BCUT2D eigenvalue weighted by atomic mass is 10.1. The summed E-state index contributed by atoms with van der Waals surface area (Å²) in [4.78, 5) is 0.195. The lowest BCUT2D eigenvalue weighted by Crippen LogP contribution is -2.47. The number of rotatable bonds is 8. The maximum atomic E-state index is 12.9. The smallest absolute Gasteiger partial charge is 0.241 e. The molecule has 0 unspecified atom stereocenters. The molecule has 2 N–H and O–H groups in total. The molecule has 182 valence electrons. The Morgan fingerprint density at radius 1 is 0.970 bits per heavy atom. The molecule has 3 rings (SSSR count). The van der Waals surface area contributed by atoms with Gasteiger partial charge in [-0.1, -0.05) is 30.3 Å². The van der Waals surface area contributed by atoms with Crippen LogP contribution in [0.5, 0.6) is 5.75 Å². The van der Waals surface area contributed by atoms with Crippen molar-refractivity contribution in [3.63, 3.8) is 0 Å². The largest absolute Gasteiger partial charge is 0.486 e. The molecule has 1 fully saturated rings. The van der Waals surface area contributed by atoms with E-state index >= 15 is 0 Å². The van der Waals surface area contributed by atoms with Crippen LogP contribution in [0.3, 0.4) is 0 Å². The number of benzene rings is 2. The minimum atomic E-state index is -3.72. The van der Waals surface area contributed by atoms with Crippen LogP contribution >= 0.6 is 0 Å². The standard InChI is InChI=1S/C23H32N2O6S2/c1-16(2)32(26,27)24-20-14-30-15-21(20)31-18-12-10-17(11-13-18)19-8-6-7-9-22(19)33(28,29)25-23(3,4)5/h6-13,16,20-21,24-25H,14-15H2,1-5H3/t20-,21+/m0/s1. The van der Waals surface area contributed by atoms with E-state index in [0.29, 0.717) is 11.3 Å². The van der Waals surface area contributed by atoms with Crippen LogP contribution in [-0.4, -0.2) is 53.0 Å². The van der Waals surface area contributed by atoms with Gasteiger partial charge in [-0.05, 0) is 58.4 Å². The monoisotopic (exact) mass is 496 g/mol. The Bertz CT molecular complexity index is 1170. The average Bonchev–Trinajstić information content (AvgIpc) is 3.12. The Morgan fingerprint density at radius 2 is 1.61 bits per heavy atom. The summed E-state index contributed by atoms with van der Waals surface area (Å²) in [6.07, 6.45) is -0.465. The van der Waals surface area contributed by atoms with Gasteiger partial charge in [-0.3, -0.25) is 0 Å². The summed E-state index contributed by atoms with van der Waals surface area (Å²) in [7, 11) is -7.17. The third kappa shape index (κ3) is 6.54. The first-order valence-electron chi connectivity index (χ1n) is 10.8. The van der Waals surface area contributed by atoms with E-state index in [2.05, 4.69) is 9.44 Å². The van der Waals surface area contributed by atoms with Gasteiger partial charge in [0.25, 0.3) is 0 Å². The van der Waals surface area contributed by atoms with Crippen LogP contribution in [0.4, 0.5) is 0 Å². The fraction of sp³-hybridized carbons (Fsp3) is 0.478. The Morgan fingerprint density at radius 3 is 2.21 bits per heavy atom. The molecule has 0 saturated carbocycles. The Kier molecular flexibility index (Phi) is 7.55. The second-order valence-electron chi connectivity index (χ2n) is 9.39. The van der Waals surface area contributed by atoms with Crippen LogP contribution in [0.1, 0.15) is 34.6 Å². The van der Waals surface area contributed by atoms with Crippen LogP contribution in [-0.2, 0) is 24.8 Å². The molecule has 10 heteroatoms. The molecule has 0 spiro atoms. The predicted molar refractivity (Wildman–Crippen MR) is 128 cm³/mol. The molecule has 2 atom stereocenters. The van der Waals surface area contributed by atoms with Crippen molar-refractivity contribution in [3.8, 4) is 16.9 Å². The molecule has 33 heavy (non-hydrogen) atoms. The molecule has 1 saturated heterocycles. The quantitative estimate of drug-likeness (QED) is 0.581. The molecule has 0 bridgehead atoms.